The van der Waals surface area contributed by atoms with Crippen LogP contribution < -0.4 is 4.74 Å². The third-order valence-corrected chi connectivity index (χ3v) is 4.25. The summed E-state index contributed by atoms with van der Waals surface area (Å²) in [7, 11) is 0. The zero-order valence-corrected chi connectivity index (χ0v) is 15.2. The van der Waals surface area contributed by atoms with Gasteiger partial charge in [0, 0.05) is 11.8 Å². The molecule has 0 amide bonds. The van der Waals surface area contributed by atoms with Crippen molar-refractivity contribution in [1.29, 1.82) is 0 Å². The molecule has 6 heteroatoms. The van der Waals surface area contributed by atoms with Crippen LogP contribution in [0.3, 0.4) is 0 Å². The summed E-state index contributed by atoms with van der Waals surface area (Å²) in [6.07, 6.45) is 1.84. The molecule has 0 aliphatic carbocycles. The van der Waals surface area contributed by atoms with Gasteiger partial charge in [-0.05, 0) is 54.5 Å². The van der Waals surface area contributed by atoms with Gasteiger partial charge in [-0.25, -0.2) is 14.2 Å². The first-order valence-corrected chi connectivity index (χ1v) is 8.80. The lowest BCUT2D eigenvalue weighted by molar-refractivity contribution is 0.0691. The molecule has 0 fully saturated rings. The fourth-order valence-corrected chi connectivity index (χ4v) is 2.86. The molecule has 0 atom stereocenters. The second-order valence-electron chi connectivity index (χ2n) is 6.18. The quantitative estimate of drug-likeness (QED) is 0.535. The molecular formula is C23H15FN2O3. The molecule has 142 valence electrons. The number of nitrogens with zero attached hydrogens (tertiary/aromatic N) is 2. The molecule has 2 heterocycles. The number of benzene rings is 2. The van der Waals surface area contributed by atoms with Crippen LogP contribution in [-0.2, 0) is 6.61 Å². The summed E-state index contributed by atoms with van der Waals surface area (Å²) in [4.78, 5) is 15.9. The zero-order chi connectivity index (χ0) is 20.2. The number of carboxylic acid groups (broad SMARTS) is 1. The van der Waals surface area contributed by atoms with E-state index in [9.17, 15) is 14.3 Å². The van der Waals surface area contributed by atoms with Crippen molar-refractivity contribution in [2.75, 3.05) is 0 Å². The summed E-state index contributed by atoms with van der Waals surface area (Å²) in [5.41, 5.74) is 2.64. The second-order valence-corrected chi connectivity index (χ2v) is 6.18. The minimum absolute atomic E-state index is 0.0550. The van der Waals surface area contributed by atoms with Crippen molar-refractivity contribution in [3.8, 4) is 17.6 Å². The number of fused-ring (bicyclic) bond motifs is 1. The summed E-state index contributed by atoms with van der Waals surface area (Å²) >= 11 is 0. The molecule has 29 heavy (non-hydrogen) atoms. The summed E-state index contributed by atoms with van der Waals surface area (Å²) < 4.78 is 20.7. The normalized spacial score (nSPS) is 10.4. The first kappa shape index (κ1) is 18.3. The number of carbonyl (C=O) groups is 1. The number of aromatic carboxylic acids is 1. The van der Waals surface area contributed by atoms with E-state index in [0.29, 0.717) is 22.6 Å². The van der Waals surface area contributed by atoms with Crippen molar-refractivity contribution >= 4 is 11.6 Å². The van der Waals surface area contributed by atoms with Gasteiger partial charge >= 0.3 is 5.97 Å². The molecule has 0 bridgehead atoms. The SMILES string of the molecule is O=C(O)c1ccccc1OCc1nc2ccccn2c1C#Cc1ccc(F)cc1. The number of para-hydroxylation sites is 1. The summed E-state index contributed by atoms with van der Waals surface area (Å²) in [6.45, 7) is 0.0550. The Bertz CT molecular complexity index is 1250. The van der Waals surface area contributed by atoms with Gasteiger partial charge in [-0.3, -0.25) is 4.40 Å². The number of halogens is 1. The number of imidazole rings is 1. The molecule has 0 aliphatic rings. The molecule has 0 radical (unpaired) electrons. The molecule has 0 saturated heterocycles. The number of pyridine rings is 1. The summed E-state index contributed by atoms with van der Waals surface area (Å²) in [5, 5.41) is 9.31. The van der Waals surface area contributed by atoms with Crippen LogP contribution in [0.4, 0.5) is 4.39 Å². The number of ether oxygens (including phenoxy) is 1. The van der Waals surface area contributed by atoms with Crippen molar-refractivity contribution in [1.82, 2.24) is 9.38 Å². The molecule has 0 saturated carbocycles. The van der Waals surface area contributed by atoms with Gasteiger partial charge in [-0.15, -0.1) is 0 Å². The third kappa shape index (κ3) is 3.94. The molecule has 0 aliphatic heterocycles. The van der Waals surface area contributed by atoms with Crippen molar-refractivity contribution in [3.05, 3.63) is 101 Å². The molecule has 5 nitrogen and oxygen atoms in total. The lowest BCUT2D eigenvalue weighted by atomic mass is 10.2. The number of hydrogen-bond acceptors (Lipinski definition) is 3. The zero-order valence-electron chi connectivity index (χ0n) is 15.2. The van der Waals surface area contributed by atoms with Crippen LogP contribution >= 0.6 is 0 Å². The van der Waals surface area contributed by atoms with Crippen LogP contribution in [0.1, 0.15) is 27.3 Å². The highest BCUT2D eigenvalue weighted by molar-refractivity contribution is 5.90. The van der Waals surface area contributed by atoms with Crippen LogP contribution in [0.5, 0.6) is 5.75 Å². The maximum atomic E-state index is 13.1. The van der Waals surface area contributed by atoms with Crippen molar-refractivity contribution in [2.45, 2.75) is 6.61 Å². The Morgan fingerprint density at radius 2 is 1.79 bits per heavy atom. The molecule has 1 N–H and O–H groups in total. The van der Waals surface area contributed by atoms with Crippen molar-refractivity contribution in [2.24, 2.45) is 0 Å². The number of carboxylic acids is 1. The van der Waals surface area contributed by atoms with Gasteiger partial charge in [-0.1, -0.05) is 24.1 Å². The Hall–Kier alpha value is -4.11. The Labute approximate surface area is 166 Å². The van der Waals surface area contributed by atoms with Crippen LogP contribution in [0.15, 0.2) is 72.9 Å². The fourth-order valence-electron chi connectivity index (χ4n) is 2.86. The average Bonchev–Trinajstić information content (AvgIpc) is 3.09. The van der Waals surface area contributed by atoms with E-state index in [0.717, 1.165) is 0 Å². The van der Waals surface area contributed by atoms with E-state index in [1.54, 1.807) is 30.3 Å². The van der Waals surface area contributed by atoms with Gasteiger partial charge in [0.25, 0.3) is 0 Å². The second kappa shape index (κ2) is 7.87. The fraction of sp³-hybridized carbons (Fsp3) is 0.0435. The third-order valence-electron chi connectivity index (χ3n) is 4.25. The van der Waals surface area contributed by atoms with E-state index in [4.69, 9.17) is 4.74 Å². The predicted molar refractivity (Wildman–Crippen MR) is 105 cm³/mol. The largest absolute Gasteiger partial charge is 0.486 e. The molecule has 4 rings (SSSR count). The van der Waals surface area contributed by atoms with Gasteiger partial charge in [0.15, 0.2) is 0 Å². The number of aromatic nitrogens is 2. The summed E-state index contributed by atoms with van der Waals surface area (Å²) in [6, 6.07) is 17.9. The maximum Gasteiger partial charge on any atom is 0.339 e. The van der Waals surface area contributed by atoms with Gasteiger partial charge in [0.1, 0.15) is 40.8 Å². The van der Waals surface area contributed by atoms with Gasteiger partial charge < -0.3 is 9.84 Å². The average molecular weight is 386 g/mol. The van der Waals surface area contributed by atoms with Crippen molar-refractivity contribution in [3.63, 3.8) is 0 Å². The van der Waals surface area contributed by atoms with Crippen LogP contribution in [0.25, 0.3) is 5.65 Å². The van der Waals surface area contributed by atoms with E-state index in [2.05, 4.69) is 16.8 Å². The topological polar surface area (TPSA) is 63.8 Å². The van der Waals surface area contributed by atoms with E-state index in [1.807, 2.05) is 28.8 Å². The highest BCUT2D eigenvalue weighted by atomic mass is 19.1. The monoisotopic (exact) mass is 386 g/mol. The van der Waals surface area contributed by atoms with Crippen molar-refractivity contribution < 1.29 is 19.0 Å². The lowest BCUT2D eigenvalue weighted by Crippen LogP contribution is -2.04. The molecule has 4 aromatic rings. The van der Waals surface area contributed by atoms with E-state index in [1.165, 1.54) is 18.2 Å². The standard InChI is InChI=1S/C23H15FN2O3/c24-17-11-8-16(9-12-17)10-13-20-19(25-22-7-3-4-14-26(20)22)15-29-21-6-2-1-5-18(21)23(27)28/h1-9,11-12,14H,15H2,(H,27,28). The first-order valence-electron chi connectivity index (χ1n) is 8.80. The minimum Gasteiger partial charge on any atom is -0.486 e. The Morgan fingerprint density at radius 1 is 1.03 bits per heavy atom. The molecule has 0 unspecified atom stereocenters. The van der Waals surface area contributed by atoms with Crippen LogP contribution in [-0.4, -0.2) is 20.5 Å². The number of rotatable bonds is 4. The Balaban J connectivity index is 1.69. The first-order chi connectivity index (χ1) is 14.1. The molecule has 0 spiro atoms. The summed E-state index contributed by atoms with van der Waals surface area (Å²) in [5.74, 6) is 4.96. The molecule has 2 aromatic heterocycles. The van der Waals surface area contributed by atoms with Crippen LogP contribution in [0.2, 0.25) is 0 Å². The highest BCUT2D eigenvalue weighted by Crippen LogP contribution is 2.20. The van der Waals surface area contributed by atoms with E-state index < -0.39 is 5.97 Å². The Kier molecular flexibility index (Phi) is 4.95. The minimum atomic E-state index is -1.06. The number of hydrogen-bond donors (Lipinski definition) is 1. The van der Waals surface area contributed by atoms with Gasteiger partial charge in [0.2, 0.25) is 0 Å². The molecular weight excluding hydrogens is 371 g/mol. The molecule has 2 aromatic carbocycles. The van der Waals surface area contributed by atoms with Gasteiger partial charge in [0.05, 0.1) is 0 Å². The maximum absolute atomic E-state index is 13.1. The van der Waals surface area contributed by atoms with Crippen LogP contribution in [0, 0.1) is 17.7 Å². The van der Waals surface area contributed by atoms with Gasteiger partial charge in [-0.2, -0.15) is 0 Å². The van der Waals surface area contributed by atoms with E-state index >= 15 is 0 Å². The predicted octanol–water partition coefficient (Wildman–Crippen LogP) is 4.15. The Morgan fingerprint density at radius 3 is 2.59 bits per heavy atom. The lowest BCUT2D eigenvalue weighted by Gasteiger charge is -2.07. The highest BCUT2D eigenvalue weighted by Gasteiger charge is 2.14. The van der Waals surface area contributed by atoms with E-state index in [-0.39, 0.29) is 23.7 Å². The smallest absolute Gasteiger partial charge is 0.339 e.